The van der Waals surface area contributed by atoms with Gasteiger partial charge in [0, 0.05) is 18.6 Å². The molecule has 2 saturated heterocycles. The highest BCUT2D eigenvalue weighted by molar-refractivity contribution is 5.01. The smallest absolute Gasteiger partial charge is 0.0140 e. The van der Waals surface area contributed by atoms with Crippen molar-refractivity contribution in [2.45, 2.75) is 51.6 Å². The second-order valence-electron chi connectivity index (χ2n) is 6.23. The van der Waals surface area contributed by atoms with E-state index >= 15 is 0 Å². The first-order valence-corrected chi connectivity index (χ1v) is 7.27. The van der Waals surface area contributed by atoms with Crippen LogP contribution in [0.1, 0.15) is 39.5 Å². The van der Waals surface area contributed by atoms with Crippen molar-refractivity contribution in [3.8, 4) is 0 Å². The van der Waals surface area contributed by atoms with Gasteiger partial charge in [-0.25, -0.2) is 0 Å². The monoisotopic (exact) mass is 222 g/mol. The molecule has 1 aliphatic carbocycles. The van der Waals surface area contributed by atoms with E-state index in [1.807, 2.05) is 0 Å². The molecule has 1 saturated carbocycles. The lowest BCUT2D eigenvalue weighted by Gasteiger charge is -2.34. The second kappa shape index (κ2) is 4.30. The van der Waals surface area contributed by atoms with E-state index in [2.05, 4.69) is 24.1 Å². The van der Waals surface area contributed by atoms with Crippen LogP contribution in [0.5, 0.6) is 0 Å². The van der Waals surface area contributed by atoms with Crippen LogP contribution in [0.3, 0.4) is 0 Å². The highest BCUT2D eigenvalue weighted by Crippen LogP contribution is 2.40. The van der Waals surface area contributed by atoms with Crippen molar-refractivity contribution in [2.75, 3.05) is 19.6 Å². The zero-order valence-corrected chi connectivity index (χ0v) is 10.8. The summed E-state index contributed by atoms with van der Waals surface area (Å²) < 4.78 is 0. The summed E-state index contributed by atoms with van der Waals surface area (Å²) >= 11 is 0. The maximum atomic E-state index is 3.58. The molecule has 16 heavy (non-hydrogen) atoms. The molecule has 0 amide bonds. The predicted molar refractivity (Wildman–Crippen MR) is 67.4 cm³/mol. The molecule has 92 valence electrons. The van der Waals surface area contributed by atoms with Crippen LogP contribution in [0.2, 0.25) is 0 Å². The van der Waals surface area contributed by atoms with Crippen LogP contribution in [0, 0.1) is 17.8 Å². The van der Waals surface area contributed by atoms with Gasteiger partial charge in [0.05, 0.1) is 0 Å². The van der Waals surface area contributed by atoms with Crippen LogP contribution in [-0.2, 0) is 0 Å². The minimum absolute atomic E-state index is 0.880. The summed E-state index contributed by atoms with van der Waals surface area (Å²) in [4.78, 5) is 2.90. The van der Waals surface area contributed by atoms with Gasteiger partial charge in [0.2, 0.25) is 0 Å². The predicted octanol–water partition coefficient (Wildman–Crippen LogP) is 2.10. The number of likely N-dealkylation sites (tertiary alicyclic amines) is 1. The van der Waals surface area contributed by atoms with Crippen LogP contribution >= 0.6 is 0 Å². The molecule has 3 aliphatic rings. The van der Waals surface area contributed by atoms with Crippen LogP contribution in [-0.4, -0.2) is 36.6 Å². The van der Waals surface area contributed by atoms with Gasteiger partial charge in [-0.2, -0.15) is 0 Å². The van der Waals surface area contributed by atoms with Gasteiger partial charge in [-0.1, -0.05) is 20.3 Å². The number of nitrogens with zero attached hydrogens (tertiary/aromatic N) is 1. The molecule has 5 unspecified atom stereocenters. The summed E-state index contributed by atoms with van der Waals surface area (Å²) in [5, 5.41) is 3.58. The first-order valence-electron chi connectivity index (χ1n) is 7.27. The van der Waals surface area contributed by atoms with E-state index in [-0.39, 0.29) is 0 Å². The van der Waals surface area contributed by atoms with Crippen molar-refractivity contribution in [2.24, 2.45) is 17.8 Å². The molecule has 0 aromatic carbocycles. The Morgan fingerprint density at radius 1 is 1.25 bits per heavy atom. The molecule has 0 spiro atoms. The van der Waals surface area contributed by atoms with Crippen molar-refractivity contribution >= 4 is 0 Å². The van der Waals surface area contributed by atoms with E-state index in [1.54, 1.807) is 0 Å². The third kappa shape index (κ3) is 1.62. The number of hydrogen-bond acceptors (Lipinski definition) is 2. The SMILES string of the molecule is CCC1C2CNCC2CN1C1CCCC1C. The minimum Gasteiger partial charge on any atom is -0.316 e. The van der Waals surface area contributed by atoms with Gasteiger partial charge < -0.3 is 5.32 Å². The first-order chi connectivity index (χ1) is 7.81. The summed E-state index contributed by atoms with van der Waals surface area (Å²) in [6.07, 6.45) is 5.74. The Balaban J connectivity index is 1.75. The fraction of sp³-hybridized carbons (Fsp3) is 1.00. The van der Waals surface area contributed by atoms with Crippen LogP contribution in [0.25, 0.3) is 0 Å². The van der Waals surface area contributed by atoms with Gasteiger partial charge in [0.25, 0.3) is 0 Å². The van der Waals surface area contributed by atoms with E-state index in [0.29, 0.717) is 0 Å². The average Bonchev–Trinajstić information content (AvgIpc) is 2.90. The molecular formula is C14H26N2. The maximum Gasteiger partial charge on any atom is 0.0140 e. The molecule has 2 aliphatic heterocycles. The third-order valence-corrected chi connectivity index (χ3v) is 5.42. The van der Waals surface area contributed by atoms with E-state index < -0.39 is 0 Å². The van der Waals surface area contributed by atoms with Gasteiger partial charge in [-0.05, 0) is 50.1 Å². The van der Waals surface area contributed by atoms with Gasteiger partial charge in [-0.3, -0.25) is 4.90 Å². The Morgan fingerprint density at radius 3 is 2.81 bits per heavy atom. The maximum absolute atomic E-state index is 3.58. The lowest BCUT2D eigenvalue weighted by molar-refractivity contribution is 0.130. The van der Waals surface area contributed by atoms with Gasteiger partial charge in [0.15, 0.2) is 0 Å². The van der Waals surface area contributed by atoms with E-state index in [9.17, 15) is 0 Å². The average molecular weight is 222 g/mol. The molecule has 3 rings (SSSR count). The fourth-order valence-electron chi connectivity index (χ4n) is 4.59. The van der Waals surface area contributed by atoms with Gasteiger partial charge >= 0.3 is 0 Å². The van der Waals surface area contributed by atoms with Crippen molar-refractivity contribution in [1.29, 1.82) is 0 Å². The quantitative estimate of drug-likeness (QED) is 0.770. The van der Waals surface area contributed by atoms with Crippen molar-refractivity contribution in [1.82, 2.24) is 10.2 Å². The van der Waals surface area contributed by atoms with Crippen LogP contribution in [0.15, 0.2) is 0 Å². The minimum atomic E-state index is 0.880. The lowest BCUT2D eigenvalue weighted by atomic mass is 9.92. The molecule has 2 heteroatoms. The normalized spacial score (nSPS) is 48.8. The fourth-order valence-corrected chi connectivity index (χ4v) is 4.59. The Bertz CT molecular complexity index is 253. The van der Waals surface area contributed by atoms with Crippen LogP contribution in [0.4, 0.5) is 0 Å². The van der Waals surface area contributed by atoms with E-state index in [1.165, 1.54) is 45.3 Å². The zero-order valence-electron chi connectivity index (χ0n) is 10.8. The number of rotatable bonds is 2. The Hall–Kier alpha value is -0.0800. The van der Waals surface area contributed by atoms with Gasteiger partial charge in [0.1, 0.15) is 0 Å². The molecule has 0 bridgehead atoms. The Kier molecular flexibility index (Phi) is 2.97. The number of hydrogen-bond donors (Lipinski definition) is 1. The molecular weight excluding hydrogens is 196 g/mol. The van der Waals surface area contributed by atoms with Gasteiger partial charge in [-0.15, -0.1) is 0 Å². The summed E-state index contributed by atoms with van der Waals surface area (Å²) in [7, 11) is 0. The van der Waals surface area contributed by atoms with Crippen LogP contribution < -0.4 is 5.32 Å². The molecule has 0 radical (unpaired) electrons. The number of nitrogens with one attached hydrogen (secondary N) is 1. The highest BCUT2D eigenvalue weighted by atomic mass is 15.2. The van der Waals surface area contributed by atoms with Crippen molar-refractivity contribution in [3.63, 3.8) is 0 Å². The summed E-state index contributed by atoms with van der Waals surface area (Å²) in [6, 6.07) is 1.79. The molecule has 2 heterocycles. The molecule has 3 fully saturated rings. The standard InChI is InChI=1S/C14H26N2/c1-3-13-12-8-15-7-11(12)9-16(13)14-6-4-5-10(14)2/h10-15H,3-9H2,1-2H3. The Morgan fingerprint density at radius 2 is 2.12 bits per heavy atom. The lowest BCUT2D eigenvalue weighted by Crippen LogP contribution is -2.43. The van der Waals surface area contributed by atoms with Crippen molar-refractivity contribution < 1.29 is 0 Å². The largest absolute Gasteiger partial charge is 0.316 e. The molecule has 1 N–H and O–H groups in total. The summed E-state index contributed by atoms with van der Waals surface area (Å²) in [5.74, 6) is 2.86. The van der Waals surface area contributed by atoms with E-state index in [0.717, 1.165) is 29.8 Å². The summed E-state index contributed by atoms with van der Waals surface area (Å²) in [6.45, 7) is 8.79. The van der Waals surface area contributed by atoms with Crippen molar-refractivity contribution in [3.05, 3.63) is 0 Å². The highest BCUT2D eigenvalue weighted by Gasteiger charge is 2.46. The number of fused-ring (bicyclic) bond motifs is 1. The zero-order chi connectivity index (χ0) is 11.1. The molecule has 2 nitrogen and oxygen atoms in total. The molecule has 0 aromatic rings. The first kappa shape index (κ1) is 11.0. The Labute approximate surface area is 99.8 Å². The second-order valence-corrected chi connectivity index (χ2v) is 6.23. The third-order valence-electron chi connectivity index (χ3n) is 5.42. The molecule has 5 atom stereocenters. The van der Waals surface area contributed by atoms with E-state index in [4.69, 9.17) is 0 Å². The topological polar surface area (TPSA) is 15.3 Å². The molecule has 0 aromatic heterocycles. The summed E-state index contributed by atoms with van der Waals surface area (Å²) in [5.41, 5.74) is 0.